The van der Waals surface area contributed by atoms with Crippen LogP contribution in [0.1, 0.15) is 25.0 Å². The van der Waals surface area contributed by atoms with Gasteiger partial charge in [-0.1, -0.05) is 123 Å². The Morgan fingerprint density at radius 1 is 0.444 bits per heavy atom. The molecule has 3 heteroatoms. The van der Waals surface area contributed by atoms with Crippen LogP contribution in [-0.2, 0) is 5.41 Å². The molecule has 54 heavy (non-hydrogen) atoms. The fraction of sp³-hybridized carbons (Fsp3) is 0.0588. The second-order valence-electron chi connectivity index (χ2n) is 15.0. The van der Waals surface area contributed by atoms with Crippen molar-refractivity contribution in [1.29, 1.82) is 0 Å². The Labute approximate surface area is 318 Å². The van der Waals surface area contributed by atoms with E-state index in [9.17, 15) is 0 Å². The third kappa shape index (κ3) is 4.58. The number of fused-ring (bicyclic) bond motifs is 9. The molecule has 2 nitrogen and oxygen atoms in total. The van der Waals surface area contributed by atoms with Crippen molar-refractivity contribution in [2.45, 2.75) is 19.3 Å². The van der Waals surface area contributed by atoms with Crippen molar-refractivity contribution >= 4 is 70.4 Å². The molecule has 256 valence electrons. The number of thiophene rings is 1. The molecule has 10 aromatic rings. The molecule has 8 aromatic carbocycles. The molecule has 0 atom stereocenters. The van der Waals surface area contributed by atoms with Crippen LogP contribution in [0.25, 0.3) is 69.9 Å². The molecule has 2 heterocycles. The van der Waals surface area contributed by atoms with E-state index in [1.165, 1.54) is 75.4 Å². The molecule has 0 radical (unpaired) electrons. The zero-order chi connectivity index (χ0) is 36.0. The van der Waals surface area contributed by atoms with Crippen molar-refractivity contribution in [2.24, 2.45) is 0 Å². The lowest BCUT2D eigenvalue weighted by Crippen LogP contribution is -2.14. The zero-order valence-electron chi connectivity index (χ0n) is 30.1. The van der Waals surface area contributed by atoms with Crippen LogP contribution in [0.3, 0.4) is 0 Å². The number of hydrogen-bond donors (Lipinski definition) is 0. The average molecular weight is 709 g/mol. The van der Waals surface area contributed by atoms with Gasteiger partial charge in [0.15, 0.2) is 0 Å². The summed E-state index contributed by atoms with van der Waals surface area (Å²) < 4.78 is 5.15. The lowest BCUT2D eigenvalue weighted by Gasteiger charge is -2.25. The van der Waals surface area contributed by atoms with Crippen molar-refractivity contribution in [3.8, 4) is 27.9 Å². The SMILES string of the molecule is CC1(C)c2ccccc2-c2cc3c4cc(N(c5ccccc5)c5ccccc5)ccc4n(-c4ccc(-c5cccc6c5sc5ccccc56)cc4)c3cc21. The molecule has 1 aliphatic carbocycles. The highest BCUT2D eigenvalue weighted by molar-refractivity contribution is 7.26. The maximum Gasteiger partial charge on any atom is 0.0544 e. The lowest BCUT2D eigenvalue weighted by molar-refractivity contribution is 0.661. The van der Waals surface area contributed by atoms with Gasteiger partial charge in [0, 0.05) is 59.1 Å². The standard InChI is InChI=1S/C51H36N2S/c1-51(2)45-22-11-9-18-39(45)42-31-44-43-30-37(52(34-14-5-3-6-15-34)35-16-7-4-8-17-35)28-29-47(43)53(48(44)32-46(42)51)36-26-24-33(25-27-36)38-20-13-21-41-40-19-10-12-23-49(40)54-50(38)41/h3-32H,1-2H3. The van der Waals surface area contributed by atoms with E-state index in [2.05, 4.69) is 205 Å². The van der Waals surface area contributed by atoms with Crippen LogP contribution in [-0.4, -0.2) is 4.57 Å². The van der Waals surface area contributed by atoms with Crippen LogP contribution >= 0.6 is 11.3 Å². The second-order valence-corrected chi connectivity index (χ2v) is 16.0. The van der Waals surface area contributed by atoms with Crippen molar-refractivity contribution in [3.05, 3.63) is 193 Å². The summed E-state index contributed by atoms with van der Waals surface area (Å²) in [5, 5.41) is 5.16. The predicted molar refractivity (Wildman–Crippen MR) is 231 cm³/mol. The molecular formula is C51H36N2S. The van der Waals surface area contributed by atoms with E-state index < -0.39 is 0 Å². The number of para-hydroxylation sites is 2. The van der Waals surface area contributed by atoms with Crippen LogP contribution in [0.2, 0.25) is 0 Å². The Balaban J connectivity index is 1.13. The largest absolute Gasteiger partial charge is 0.310 e. The summed E-state index contributed by atoms with van der Waals surface area (Å²) in [4.78, 5) is 2.36. The van der Waals surface area contributed by atoms with E-state index in [1.807, 2.05) is 11.3 Å². The van der Waals surface area contributed by atoms with E-state index in [4.69, 9.17) is 0 Å². The van der Waals surface area contributed by atoms with Gasteiger partial charge in [0.05, 0.1) is 11.0 Å². The van der Waals surface area contributed by atoms with Crippen LogP contribution in [0.15, 0.2) is 182 Å². The number of aromatic nitrogens is 1. The number of anilines is 3. The van der Waals surface area contributed by atoms with E-state index in [1.54, 1.807) is 0 Å². The van der Waals surface area contributed by atoms with Crippen LogP contribution in [0.4, 0.5) is 17.1 Å². The summed E-state index contributed by atoms with van der Waals surface area (Å²) in [6.07, 6.45) is 0. The number of hydrogen-bond acceptors (Lipinski definition) is 2. The molecule has 0 aliphatic heterocycles. The summed E-state index contributed by atoms with van der Waals surface area (Å²) in [5.41, 5.74) is 14.8. The van der Waals surface area contributed by atoms with Crippen LogP contribution in [0.5, 0.6) is 0 Å². The summed E-state index contributed by atoms with van der Waals surface area (Å²) in [5.74, 6) is 0. The van der Waals surface area contributed by atoms with Crippen molar-refractivity contribution in [2.75, 3.05) is 4.90 Å². The molecule has 2 aromatic heterocycles. The molecule has 0 saturated carbocycles. The van der Waals surface area contributed by atoms with E-state index >= 15 is 0 Å². The van der Waals surface area contributed by atoms with E-state index in [0.29, 0.717) is 0 Å². The van der Waals surface area contributed by atoms with Gasteiger partial charge < -0.3 is 9.47 Å². The van der Waals surface area contributed by atoms with E-state index in [-0.39, 0.29) is 5.41 Å². The number of nitrogens with zero attached hydrogens (tertiary/aromatic N) is 2. The quantitative estimate of drug-likeness (QED) is 0.173. The fourth-order valence-electron chi connectivity index (χ4n) is 8.98. The summed E-state index contributed by atoms with van der Waals surface area (Å²) >= 11 is 1.89. The molecule has 0 saturated heterocycles. The van der Waals surface area contributed by atoms with Crippen molar-refractivity contribution < 1.29 is 0 Å². The molecule has 0 amide bonds. The Kier molecular flexibility index (Phi) is 6.80. The first-order valence-corrected chi connectivity index (χ1v) is 19.5. The predicted octanol–water partition coefficient (Wildman–Crippen LogP) is 14.6. The molecule has 11 rings (SSSR count). The molecule has 0 spiro atoms. The van der Waals surface area contributed by atoms with Gasteiger partial charge in [-0.05, 0) is 106 Å². The lowest BCUT2D eigenvalue weighted by atomic mass is 9.82. The Hall–Kier alpha value is -6.42. The Morgan fingerprint density at radius 2 is 1.09 bits per heavy atom. The van der Waals surface area contributed by atoms with Gasteiger partial charge in [-0.2, -0.15) is 0 Å². The fourth-order valence-corrected chi connectivity index (χ4v) is 10.2. The zero-order valence-corrected chi connectivity index (χ0v) is 30.9. The highest BCUT2D eigenvalue weighted by Crippen LogP contribution is 2.51. The van der Waals surface area contributed by atoms with Crippen LogP contribution in [0, 0.1) is 0 Å². The molecular weight excluding hydrogens is 673 g/mol. The highest BCUT2D eigenvalue weighted by Gasteiger charge is 2.36. The van der Waals surface area contributed by atoms with Gasteiger partial charge in [0.1, 0.15) is 0 Å². The first kappa shape index (κ1) is 31.1. The van der Waals surface area contributed by atoms with E-state index in [0.717, 1.165) is 22.7 Å². The topological polar surface area (TPSA) is 8.17 Å². The van der Waals surface area contributed by atoms with Gasteiger partial charge in [-0.3, -0.25) is 0 Å². The third-order valence-electron chi connectivity index (χ3n) is 11.6. The monoisotopic (exact) mass is 708 g/mol. The van der Waals surface area contributed by atoms with Crippen molar-refractivity contribution in [3.63, 3.8) is 0 Å². The minimum absolute atomic E-state index is 0.100. The molecule has 0 bridgehead atoms. The van der Waals surface area contributed by atoms with Gasteiger partial charge in [0.25, 0.3) is 0 Å². The maximum atomic E-state index is 2.48. The summed E-state index contributed by atoms with van der Waals surface area (Å²) in [6.45, 7) is 4.74. The Bertz CT molecular complexity index is 3020. The minimum Gasteiger partial charge on any atom is -0.310 e. The molecule has 0 fully saturated rings. The van der Waals surface area contributed by atoms with Crippen molar-refractivity contribution in [1.82, 2.24) is 4.57 Å². The van der Waals surface area contributed by atoms with Crippen LogP contribution < -0.4 is 4.90 Å². The summed E-state index contributed by atoms with van der Waals surface area (Å²) in [6, 6.07) is 66.9. The number of rotatable bonds is 5. The minimum atomic E-state index is -0.100. The van der Waals surface area contributed by atoms with Gasteiger partial charge in [0.2, 0.25) is 0 Å². The normalized spacial score (nSPS) is 13.1. The highest BCUT2D eigenvalue weighted by atomic mass is 32.1. The third-order valence-corrected chi connectivity index (χ3v) is 12.8. The molecule has 0 unspecified atom stereocenters. The first-order chi connectivity index (χ1) is 26.5. The molecule has 1 aliphatic rings. The van der Waals surface area contributed by atoms with Gasteiger partial charge >= 0.3 is 0 Å². The first-order valence-electron chi connectivity index (χ1n) is 18.7. The Morgan fingerprint density at radius 3 is 1.87 bits per heavy atom. The average Bonchev–Trinajstić information content (AvgIpc) is 3.83. The summed E-state index contributed by atoms with van der Waals surface area (Å²) in [7, 11) is 0. The molecule has 0 N–H and O–H groups in total. The van der Waals surface area contributed by atoms with Gasteiger partial charge in [-0.25, -0.2) is 0 Å². The maximum absolute atomic E-state index is 2.48. The second kappa shape index (κ2) is 11.8. The smallest absolute Gasteiger partial charge is 0.0544 e. The number of benzene rings is 8. The van der Waals surface area contributed by atoms with Gasteiger partial charge in [-0.15, -0.1) is 11.3 Å².